The lowest BCUT2D eigenvalue weighted by Crippen LogP contribution is -2.23. The minimum Gasteiger partial charge on any atom is -0.223 e. The van der Waals surface area contributed by atoms with Crippen molar-refractivity contribution in [3.05, 3.63) is 71.8 Å². The summed E-state index contributed by atoms with van der Waals surface area (Å²) in [7, 11) is -4.94. The zero-order valence-corrected chi connectivity index (χ0v) is 16.0. The van der Waals surface area contributed by atoms with Crippen LogP contribution in [0.1, 0.15) is 11.1 Å². The van der Waals surface area contributed by atoms with E-state index in [0.717, 1.165) is 11.1 Å². The number of sulfone groups is 1. The van der Waals surface area contributed by atoms with Gasteiger partial charge >= 0.3 is 0 Å². The predicted molar refractivity (Wildman–Crippen MR) is 101 cm³/mol. The highest BCUT2D eigenvalue weighted by molar-refractivity contribution is 7.91. The van der Waals surface area contributed by atoms with Crippen LogP contribution in [0.25, 0.3) is 5.20 Å². The molecule has 0 unspecified atom stereocenters. The summed E-state index contributed by atoms with van der Waals surface area (Å²) < 4.78 is 25.2. The van der Waals surface area contributed by atoms with Gasteiger partial charge in [-0.3, -0.25) is 0 Å². The van der Waals surface area contributed by atoms with Crippen molar-refractivity contribution in [2.24, 2.45) is 0 Å². The second-order valence-electron chi connectivity index (χ2n) is 6.83. The molecule has 0 radical (unpaired) electrons. The maximum absolute atomic E-state index is 12.6. The Morgan fingerprint density at radius 2 is 1.52 bits per heavy atom. The van der Waals surface area contributed by atoms with E-state index in [0.29, 0.717) is 4.90 Å². The summed E-state index contributed by atoms with van der Waals surface area (Å²) in [6.45, 7) is 8.67. The lowest BCUT2D eigenvalue weighted by molar-refractivity contribution is 0.599. The fraction of sp³-hybridized carbons (Fsp3) is 0.263. The Morgan fingerprint density at radius 3 is 2.04 bits per heavy atom. The van der Waals surface area contributed by atoms with Gasteiger partial charge in [0.1, 0.15) is 0 Å². The Morgan fingerprint density at radius 1 is 0.957 bits per heavy atom. The Labute approximate surface area is 140 Å². The van der Waals surface area contributed by atoms with E-state index >= 15 is 0 Å². The Balaban J connectivity index is 2.36. The average molecular weight is 345 g/mol. The van der Waals surface area contributed by atoms with E-state index in [2.05, 4.69) is 31.8 Å². The molecule has 2 aromatic rings. The number of hydrogen-bond donors (Lipinski definition) is 0. The number of benzene rings is 2. The minimum absolute atomic E-state index is 0.0462. The van der Waals surface area contributed by atoms with Gasteiger partial charge in [-0.1, -0.05) is 78.9 Å². The summed E-state index contributed by atoms with van der Waals surface area (Å²) in [5, 5.41) is 1.19. The molecule has 0 N–H and O–H groups in total. The molecule has 2 nitrogen and oxygen atoms in total. The molecule has 0 saturated heterocycles. The molecule has 0 aliphatic carbocycles. The third-order valence-electron chi connectivity index (χ3n) is 3.78. The minimum atomic E-state index is -3.29. The maximum atomic E-state index is 12.6. The fourth-order valence-corrected chi connectivity index (χ4v) is 5.53. The van der Waals surface area contributed by atoms with Crippen LogP contribution >= 0.6 is 0 Å². The monoisotopic (exact) mass is 344 g/mol. The molecular weight excluding hydrogens is 320 g/mol. The molecule has 4 heteroatoms. The predicted octanol–water partition coefficient (Wildman–Crippen LogP) is 4.73. The largest absolute Gasteiger partial charge is 0.223 e. The summed E-state index contributed by atoms with van der Waals surface area (Å²) >= 11 is 0. The van der Waals surface area contributed by atoms with Gasteiger partial charge in [0.2, 0.25) is 0 Å². The van der Waals surface area contributed by atoms with Gasteiger partial charge in [-0.05, 0) is 24.6 Å². The zero-order valence-electron chi connectivity index (χ0n) is 14.2. The molecular formula is C19H24O2SSi. The first-order valence-electron chi connectivity index (χ1n) is 7.76. The third-order valence-corrected chi connectivity index (χ3v) is 7.48. The SMILES string of the molecule is Cc1ccc(S(=O)(=O)CC=C(c2ccccc2)[Si](C)(C)C)cc1. The molecule has 0 aliphatic heterocycles. The molecule has 0 aromatic heterocycles. The molecule has 23 heavy (non-hydrogen) atoms. The fourth-order valence-electron chi connectivity index (χ4n) is 2.51. The van der Waals surface area contributed by atoms with Crippen molar-refractivity contribution >= 4 is 23.1 Å². The van der Waals surface area contributed by atoms with Gasteiger partial charge in [-0.15, -0.1) is 0 Å². The van der Waals surface area contributed by atoms with Gasteiger partial charge in [0, 0.05) is 0 Å². The van der Waals surface area contributed by atoms with Crippen molar-refractivity contribution in [1.82, 2.24) is 0 Å². The average Bonchev–Trinajstić information content (AvgIpc) is 2.47. The van der Waals surface area contributed by atoms with Crippen LogP contribution < -0.4 is 0 Å². The highest BCUT2D eigenvalue weighted by Crippen LogP contribution is 2.26. The van der Waals surface area contributed by atoms with Crippen LogP contribution in [-0.4, -0.2) is 22.2 Å². The smallest absolute Gasteiger partial charge is 0.181 e. The highest BCUT2D eigenvalue weighted by atomic mass is 32.2. The number of hydrogen-bond acceptors (Lipinski definition) is 2. The molecule has 0 bridgehead atoms. The van der Waals surface area contributed by atoms with E-state index in [1.54, 1.807) is 12.1 Å². The van der Waals surface area contributed by atoms with Crippen LogP contribution in [0, 0.1) is 6.92 Å². The van der Waals surface area contributed by atoms with Gasteiger partial charge in [0.25, 0.3) is 0 Å². The first kappa shape index (κ1) is 17.7. The van der Waals surface area contributed by atoms with Crippen LogP contribution in [0.5, 0.6) is 0 Å². The van der Waals surface area contributed by atoms with E-state index in [4.69, 9.17) is 0 Å². The molecule has 0 fully saturated rings. The van der Waals surface area contributed by atoms with Crippen molar-refractivity contribution in [3.8, 4) is 0 Å². The molecule has 0 spiro atoms. The van der Waals surface area contributed by atoms with Crippen molar-refractivity contribution in [2.45, 2.75) is 31.5 Å². The summed E-state index contributed by atoms with van der Waals surface area (Å²) in [5.41, 5.74) is 2.19. The summed E-state index contributed by atoms with van der Waals surface area (Å²) in [6, 6.07) is 17.2. The second-order valence-corrected chi connectivity index (χ2v) is 13.9. The quantitative estimate of drug-likeness (QED) is 0.735. The van der Waals surface area contributed by atoms with Crippen molar-refractivity contribution in [3.63, 3.8) is 0 Å². The summed E-state index contributed by atoms with van der Waals surface area (Å²) in [5.74, 6) is 0.0462. The molecule has 0 atom stereocenters. The van der Waals surface area contributed by atoms with E-state index < -0.39 is 17.9 Å². The topological polar surface area (TPSA) is 34.1 Å². The van der Waals surface area contributed by atoms with Crippen LogP contribution in [0.15, 0.2) is 65.6 Å². The lowest BCUT2D eigenvalue weighted by atomic mass is 10.2. The summed E-state index contributed by atoms with van der Waals surface area (Å²) in [4.78, 5) is 0.391. The lowest BCUT2D eigenvalue weighted by Gasteiger charge is -2.21. The van der Waals surface area contributed by atoms with Gasteiger partial charge < -0.3 is 0 Å². The normalized spacial score (nSPS) is 13.1. The van der Waals surface area contributed by atoms with Gasteiger partial charge in [0.15, 0.2) is 9.84 Å². The Kier molecular flexibility index (Phi) is 5.27. The molecule has 2 rings (SSSR count). The van der Waals surface area contributed by atoms with Crippen LogP contribution in [-0.2, 0) is 9.84 Å². The molecule has 0 heterocycles. The van der Waals surface area contributed by atoms with Crippen molar-refractivity contribution in [1.29, 1.82) is 0 Å². The number of aryl methyl sites for hydroxylation is 1. The molecule has 2 aromatic carbocycles. The van der Waals surface area contributed by atoms with Crippen molar-refractivity contribution in [2.75, 3.05) is 5.75 Å². The van der Waals surface area contributed by atoms with Gasteiger partial charge in [0.05, 0.1) is 18.7 Å². The van der Waals surface area contributed by atoms with Crippen LogP contribution in [0.4, 0.5) is 0 Å². The molecule has 122 valence electrons. The van der Waals surface area contributed by atoms with Gasteiger partial charge in [-0.25, -0.2) is 8.42 Å². The van der Waals surface area contributed by atoms with E-state index in [-0.39, 0.29) is 5.75 Å². The van der Waals surface area contributed by atoms with E-state index in [1.807, 2.05) is 43.3 Å². The van der Waals surface area contributed by atoms with Crippen LogP contribution in [0.2, 0.25) is 19.6 Å². The van der Waals surface area contributed by atoms with Gasteiger partial charge in [-0.2, -0.15) is 0 Å². The van der Waals surface area contributed by atoms with Crippen molar-refractivity contribution < 1.29 is 8.42 Å². The maximum Gasteiger partial charge on any atom is 0.181 e. The Hall–Kier alpha value is -1.65. The Bertz CT molecular complexity index is 784. The molecule has 0 aliphatic rings. The van der Waals surface area contributed by atoms with Crippen LogP contribution in [0.3, 0.4) is 0 Å². The standard InChI is InChI=1S/C19H24O2SSi/c1-16-10-12-18(13-11-16)22(20,21)15-14-19(23(2,3)4)17-8-6-5-7-9-17/h5-14H,15H2,1-4H3. The van der Waals surface area contributed by atoms with E-state index in [1.165, 1.54) is 5.20 Å². The number of rotatable bonds is 5. The first-order valence-corrected chi connectivity index (χ1v) is 12.9. The first-order chi connectivity index (χ1) is 10.7. The second kappa shape index (κ2) is 6.85. The summed E-state index contributed by atoms with van der Waals surface area (Å²) in [6.07, 6.45) is 1.91. The molecule has 0 saturated carbocycles. The zero-order chi connectivity index (χ0) is 17.1. The highest BCUT2D eigenvalue weighted by Gasteiger charge is 2.22. The van der Waals surface area contributed by atoms with E-state index in [9.17, 15) is 8.42 Å². The molecule has 0 amide bonds. The third kappa shape index (κ3) is 4.66.